The Kier molecular flexibility index (Phi) is 26.6. The maximum atomic E-state index is 7.15. The normalized spacial score (nSPS) is 9.83. The van der Waals surface area contributed by atoms with Crippen molar-refractivity contribution < 1.29 is 0 Å². The van der Waals surface area contributed by atoms with Gasteiger partial charge in [-0.25, -0.2) is 0 Å². The van der Waals surface area contributed by atoms with E-state index in [1.165, 1.54) is 77.0 Å². The zero-order chi connectivity index (χ0) is 16.5. The molecule has 0 aromatic heterocycles. The third-order valence-electron chi connectivity index (χ3n) is 4.14. The van der Waals surface area contributed by atoms with E-state index in [9.17, 15) is 0 Å². The quantitative estimate of drug-likeness (QED) is 0.142. The number of halogens is 2. The van der Waals surface area contributed by atoms with Crippen molar-refractivity contribution in [3.8, 4) is 0 Å². The fourth-order valence-corrected chi connectivity index (χ4v) is 2.75. The van der Waals surface area contributed by atoms with E-state index in [1.807, 2.05) is 0 Å². The van der Waals surface area contributed by atoms with Gasteiger partial charge in [-0.05, 0) is 12.8 Å². The Labute approximate surface area is 161 Å². The standard InChI is InChI=1S/C18H38N4.2ClH/c19-17(20)15-13-11-9-7-5-3-1-2-4-6-8-10-12-14-16-18(21)22;;/h1-16H2,(H3,19,20)(H3,21,22);2*1H. The zero-order valence-corrected chi connectivity index (χ0v) is 16.9. The van der Waals surface area contributed by atoms with E-state index in [4.69, 9.17) is 22.3 Å². The lowest BCUT2D eigenvalue weighted by molar-refractivity contribution is 0.535. The number of nitrogens with one attached hydrogen (secondary N) is 2. The Morgan fingerprint density at radius 1 is 0.417 bits per heavy atom. The van der Waals surface area contributed by atoms with Gasteiger partial charge in [0.2, 0.25) is 0 Å². The van der Waals surface area contributed by atoms with Gasteiger partial charge in [0.1, 0.15) is 0 Å². The van der Waals surface area contributed by atoms with Gasteiger partial charge in [-0.3, -0.25) is 10.8 Å². The van der Waals surface area contributed by atoms with Gasteiger partial charge in [0, 0.05) is 12.8 Å². The van der Waals surface area contributed by atoms with E-state index >= 15 is 0 Å². The van der Waals surface area contributed by atoms with Crippen molar-refractivity contribution in [2.24, 2.45) is 11.5 Å². The van der Waals surface area contributed by atoms with Crippen molar-refractivity contribution >= 4 is 36.5 Å². The predicted octanol–water partition coefficient (Wildman–Crippen LogP) is 5.94. The average molecular weight is 383 g/mol. The highest BCUT2D eigenvalue weighted by Gasteiger charge is 1.95. The van der Waals surface area contributed by atoms with Gasteiger partial charge >= 0.3 is 0 Å². The Balaban J connectivity index is -0.00000220. The van der Waals surface area contributed by atoms with E-state index in [0.717, 1.165) is 25.7 Å². The first-order valence-corrected chi connectivity index (χ1v) is 9.28. The molecule has 0 aliphatic rings. The summed E-state index contributed by atoms with van der Waals surface area (Å²) < 4.78 is 0. The highest BCUT2D eigenvalue weighted by Crippen LogP contribution is 2.13. The van der Waals surface area contributed by atoms with Crippen LogP contribution >= 0.6 is 24.8 Å². The Bertz CT molecular complexity index is 258. The summed E-state index contributed by atoms with van der Waals surface area (Å²) in [6, 6.07) is 0. The first kappa shape index (κ1) is 28.3. The summed E-state index contributed by atoms with van der Waals surface area (Å²) in [4.78, 5) is 0. The van der Waals surface area contributed by atoms with Gasteiger partial charge in [-0.2, -0.15) is 0 Å². The lowest BCUT2D eigenvalue weighted by Gasteiger charge is -2.03. The van der Waals surface area contributed by atoms with Crippen molar-refractivity contribution in [1.82, 2.24) is 0 Å². The molecule has 0 aromatic rings. The third-order valence-corrected chi connectivity index (χ3v) is 4.14. The zero-order valence-electron chi connectivity index (χ0n) is 15.3. The molecule has 0 radical (unpaired) electrons. The molecule has 0 amide bonds. The van der Waals surface area contributed by atoms with Crippen LogP contribution in [0, 0.1) is 10.8 Å². The highest BCUT2D eigenvalue weighted by molar-refractivity contribution is 5.85. The molecule has 0 fully saturated rings. The number of hydrogen-bond acceptors (Lipinski definition) is 2. The maximum Gasteiger partial charge on any atom is 0.0905 e. The van der Waals surface area contributed by atoms with Crippen LogP contribution in [0.4, 0.5) is 0 Å². The molecule has 6 N–H and O–H groups in total. The van der Waals surface area contributed by atoms with Crippen LogP contribution in [0.2, 0.25) is 0 Å². The number of hydrogen-bond donors (Lipinski definition) is 4. The van der Waals surface area contributed by atoms with Gasteiger partial charge < -0.3 is 11.5 Å². The fourth-order valence-electron chi connectivity index (χ4n) is 2.75. The molecule has 24 heavy (non-hydrogen) atoms. The highest BCUT2D eigenvalue weighted by atomic mass is 35.5. The van der Waals surface area contributed by atoms with Crippen LogP contribution in [0.25, 0.3) is 0 Å². The van der Waals surface area contributed by atoms with Crippen molar-refractivity contribution in [3.63, 3.8) is 0 Å². The topological polar surface area (TPSA) is 99.7 Å². The van der Waals surface area contributed by atoms with E-state index in [0.29, 0.717) is 11.7 Å². The van der Waals surface area contributed by atoms with Crippen molar-refractivity contribution in [3.05, 3.63) is 0 Å². The summed E-state index contributed by atoms with van der Waals surface area (Å²) >= 11 is 0. The molecule has 0 aliphatic carbocycles. The van der Waals surface area contributed by atoms with E-state index in [2.05, 4.69) is 0 Å². The summed E-state index contributed by atoms with van der Waals surface area (Å²) in [5.74, 6) is 0.665. The summed E-state index contributed by atoms with van der Waals surface area (Å²) in [5, 5.41) is 14.3. The van der Waals surface area contributed by atoms with Crippen LogP contribution in [0.5, 0.6) is 0 Å². The molecular formula is C18H40Cl2N4. The Morgan fingerprint density at radius 2 is 0.583 bits per heavy atom. The van der Waals surface area contributed by atoms with Gasteiger partial charge in [0.25, 0.3) is 0 Å². The van der Waals surface area contributed by atoms with Gasteiger partial charge in [-0.15, -0.1) is 24.8 Å². The number of amidine groups is 2. The van der Waals surface area contributed by atoms with Crippen LogP contribution < -0.4 is 11.5 Å². The average Bonchev–Trinajstić information content (AvgIpc) is 2.46. The molecular weight excluding hydrogens is 343 g/mol. The molecule has 0 unspecified atom stereocenters. The summed E-state index contributed by atoms with van der Waals surface area (Å²) in [6.45, 7) is 0. The van der Waals surface area contributed by atoms with Crippen molar-refractivity contribution in [2.45, 2.75) is 103 Å². The second-order valence-corrected chi connectivity index (χ2v) is 6.50. The number of rotatable bonds is 17. The van der Waals surface area contributed by atoms with E-state index in [1.54, 1.807) is 0 Å². The Morgan fingerprint density at radius 3 is 0.750 bits per heavy atom. The summed E-state index contributed by atoms with van der Waals surface area (Å²) in [6.07, 6.45) is 19.7. The fraction of sp³-hybridized carbons (Fsp3) is 0.889. The van der Waals surface area contributed by atoms with Crippen LogP contribution in [0.15, 0.2) is 0 Å². The largest absolute Gasteiger partial charge is 0.388 e. The first-order valence-electron chi connectivity index (χ1n) is 9.28. The van der Waals surface area contributed by atoms with E-state index in [-0.39, 0.29) is 24.8 Å². The smallest absolute Gasteiger partial charge is 0.0905 e. The molecule has 0 saturated heterocycles. The monoisotopic (exact) mass is 382 g/mol. The molecule has 6 heteroatoms. The lowest BCUT2D eigenvalue weighted by Crippen LogP contribution is -2.08. The SMILES string of the molecule is Cl.Cl.N=C(N)CCCCCCCCCCCCCCCCC(=N)N. The van der Waals surface area contributed by atoms with E-state index < -0.39 is 0 Å². The van der Waals surface area contributed by atoms with Gasteiger partial charge in [0.15, 0.2) is 0 Å². The minimum absolute atomic E-state index is 0. The third kappa shape index (κ3) is 26.4. The summed E-state index contributed by atoms with van der Waals surface area (Å²) in [7, 11) is 0. The molecule has 0 rings (SSSR count). The second-order valence-electron chi connectivity index (χ2n) is 6.50. The minimum Gasteiger partial charge on any atom is -0.388 e. The van der Waals surface area contributed by atoms with Crippen LogP contribution in [-0.4, -0.2) is 11.7 Å². The molecule has 0 spiro atoms. The van der Waals surface area contributed by atoms with Gasteiger partial charge in [-0.1, -0.05) is 77.0 Å². The molecule has 0 saturated carbocycles. The number of unbranched alkanes of at least 4 members (excludes halogenated alkanes) is 13. The summed E-state index contributed by atoms with van der Waals surface area (Å²) in [5.41, 5.74) is 10.7. The van der Waals surface area contributed by atoms with Gasteiger partial charge in [0.05, 0.1) is 11.7 Å². The molecule has 0 heterocycles. The lowest BCUT2D eigenvalue weighted by atomic mass is 10.0. The molecule has 4 nitrogen and oxygen atoms in total. The molecule has 0 aromatic carbocycles. The minimum atomic E-state index is 0. The van der Waals surface area contributed by atoms with Crippen molar-refractivity contribution in [2.75, 3.05) is 0 Å². The van der Waals surface area contributed by atoms with Crippen molar-refractivity contribution in [1.29, 1.82) is 10.8 Å². The second kappa shape index (κ2) is 22.5. The first-order chi connectivity index (χ1) is 10.6. The Hall–Kier alpha value is -0.480. The molecule has 0 atom stereocenters. The van der Waals surface area contributed by atoms with Crippen LogP contribution in [-0.2, 0) is 0 Å². The maximum absolute atomic E-state index is 7.15. The number of nitrogens with two attached hydrogens (primary N) is 2. The predicted molar refractivity (Wildman–Crippen MR) is 112 cm³/mol. The molecule has 0 aliphatic heterocycles. The molecule has 146 valence electrons. The van der Waals surface area contributed by atoms with Crippen LogP contribution in [0.3, 0.4) is 0 Å². The van der Waals surface area contributed by atoms with Crippen LogP contribution in [0.1, 0.15) is 103 Å². The molecule has 0 bridgehead atoms.